The molecule has 1 aromatic heterocycles. The summed E-state index contributed by atoms with van der Waals surface area (Å²) in [6, 6.07) is 8.90. The zero-order chi connectivity index (χ0) is 18.2. The number of primary amides is 1. The van der Waals surface area contributed by atoms with Crippen molar-refractivity contribution in [1.29, 1.82) is 0 Å². The number of carbonyl (C=O) groups excluding carboxylic acids is 1. The standard InChI is InChI=1S/C17H15F3N4O/c1-22-8-10-5-6-12(7-14(10)17(18,19)20)24-9-11-3-2-4-13(16(21)25)15(11)23-24/h2-7,9,22H,8H2,1H3,(H2,21,25). The van der Waals surface area contributed by atoms with E-state index < -0.39 is 17.6 Å². The number of fused-ring (bicyclic) bond motifs is 1. The molecule has 1 heterocycles. The average Bonchev–Trinajstić information content (AvgIpc) is 2.98. The monoisotopic (exact) mass is 348 g/mol. The van der Waals surface area contributed by atoms with Gasteiger partial charge in [0.1, 0.15) is 5.52 Å². The smallest absolute Gasteiger partial charge is 0.366 e. The molecule has 0 spiro atoms. The Morgan fingerprint density at radius 2 is 2.04 bits per heavy atom. The van der Waals surface area contributed by atoms with Crippen LogP contribution in [0.25, 0.3) is 16.6 Å². The molecule has 1 amide bonds. The van der Waals surface area contributed by atoms with Crippen LogP contribution in [-0.2, 0) is 12.7 Å². The fraction of sp³-hybridized carbons (Fsp3) is 0.176. The lowest BCUT2D eigenvalue weighted by Gasteiger charge is -2.14. The molecule has 0 aliphatic carbocycles. The number of benzene rings is 2. The third kappa shape index (κ3) is 3.20. The normalized spacial score (nSPS) is 11.8. The molecule has 8 heteroatoms. The van der Waals surface area contributed by atoms with Gasteiger partial charge in [0.15, 0.2) is 0 Å². The third-order valence-corrected chi connectivity index (χ3v) is 3.83. The maximum atomic E-state index is 13.3. The van der Waals surface area contributed by atoms with Crippen LogP contribution in [0.5, 0.6) is 0 Å². The highest BCUT2D eigenvalue weighted by Crippen LogP contribution is 2.33. The lowest BCUT2D eigenvalue weighted by molar-refractivity contribution is -0.138. The van der Waals surface area contributed by atoms with Gasteiger partial charge in [-0.15, -0.1) is 0 Å². The van der Waals surface area contributed by atoms with E-state index in [-0.39, 0.29) is 23.4 Å². The number of nitrogens with two attached hydrogens (primary N) is 1. The van der Waals surface area contributed by atoms with Crippen LogP contribution in [0.4, 0.5) is 13.2 Å². The van der Waals surface area contributed by atoms with E-state index in [1.165, 1.54) is 16.8 Å². The molecule has 5 nitrogen and oxygen atoms in total. The number of alkyl halides is 3. The van der Waals surface area contributed by atoms with Crippen molar-refractivity contribution >= 4 is 16.8 Å². The maximum Gasteiger partial charge on any atom is 0.416 e. The van der Waals surface area contributed by atoms with Gasteiger partial charge in [-0.1, -0.05) is 18.2 Å². The van der Waals surface area contributed by atoms with Crippen LogP contribution in [0, 0.1) is 0 Å². The molecule has 0 fully saturated rings. The molecule has 0 unspecified atom stereocenters. The summed E-state index contributed by atoms with van der Waals surface area (Å²) in [4.78, 5) is 11.5. The van der Waals surface area contributed by atoms with Crippen LogP contribution in [0.2, 0.25) is 0 Å². The van der Waals surface area contributed by atoms with Gasteiger partial charge in [0, 0.05) is 18.1 Å². The van der Waals surface area contributed by atoms with Crippen molar-refractivity contribution in [3.8, 4) is 5.69 Å². The van der Waals surface area contributed by atoms with Gasteiger partial charge < -0.3 is 11.1 Å². The molecule has 3 N–H and O–H groups in total. The van der Waals surface area contributed by atoms with Crippen molar-refractivity contribution in [2.24, 2.45) is 5.73 Å². The second kappa shape index (κ2) is 6.21. The van der Waals surface area contributed by atoms with Crippen molar-refractivity contribution in [3.63, 3.8) is 0 Å². The molecular weight excluding hydrogens is 333 g/mol. The Labute approximate surface area is 141 Å². The lowest BCUT2D eigenvalue weighted by Crippen LogP contribution is -2.15. The zero-order valence-corrected chi connectivity index (χ0v) is 13.3. The molecule has 0 saturated heterocycles. The largest absolute Gasteiger partial charge is 0.416 e. The zero-order valence-electron chi connectivity index (χ0n) is 13.3. The van der Waals surface area contributed by atoms with Crippen molar-refractivity contribution < 1.29 is 18.0 Å². The van der Waals surface area contributed by atoms with Gasteiger partial charge in [0.05, 0.1) is 16.8 Å². The number of hydrogen-bond donors (Lipinski definition) is 2. The minimum atomic E-state index is -4.48. The molecule has 0 saturated carbocycles. The quantitative estimate of drug-likeness (QED) is 0.761. The topological polar surface area (TPSA) is 72.9 Å². The number of nitrogens with one attached hydrogen (secondary N) is 1. The van der Waals surface area contributed by atoms with Crippen molar-refractivity contribution in [1.82, 2.24) is 15.1 Å². The molecular formula is C17H15F3N4O. The molecule has 3 aromatic rings. The molecule has 0 atom stereocenters. The molecule has 0 aliphatic rings. The van der Waals surface area contributed by atoms with Crippen LogP contribution in [0.1, 0.15) is 21.5 Å². The van der Waals surface area contributed by atoms with Crippen LogP contribution in [0.15, 0.2) is 42.6 Å². The first-order chi connectivity index (χ1) is 11.8. The summed E-state index contributed by atoms with van der Waals surface area (Å²) in [5, 5.41) is 7.57. The first-order valence-corrected chi connectivity index (χ1v) is 7.44. The number of nitrogens with zero attached hydrogens (tertiary/aromatic N) is 2. The van der Waals surface area contributed by atoms with E-state index in [1.54, 1.807) is 31.4 Å². The molecule has 0 aliphatic heterocycles. The fourth-order valence-corrected chi connectivity index (χ4v) is 2.69. The van der Waals surface area contributed by atoms with E-state index in [1.807, 2.05) is 0 Å². The highest BCUT2D eigenvalue weighted by Gasteiger charge is 2.33. The molecule has 130 valence electrons. The second-order valence-electron chi connectivity index (χ2n) is 5.55. The van der Waals surface area contributed by atoms with Gasteiger partial charge in [0.2, 0.25) is 0 Å². The van der Waals surface area contributed by atoms with Gasteiger partial charge in [-0.2, -0.15) is 18.3 Å². The van der Waals surface area contributed by atoms with Crippen LogP contribution in [0.3, 0.4) is 0 Å². The van der Waals surface area contributed by atoms with Crippen molar-refractivity contribution in [2.75, 3.05) is 7.05 Å². The summed E-state index contributed by atoms with van der Waals surface area (Å²) in [5.74, 6) is -0.642. The van der Waals surface area contributed by atoms with E-state index in [2.05, 4.69) is 10.4 Å². The van der Waals surface area contributed by atoms with Crippen molar-refractivity contribution in [3.05, 3.63) is 59.3 Å². The second-order valence-corrected chi connectivity index (χ2v) is 5.55. The number of hydrogen-bond acceptors (Lipinski definition) is 3. The average molecular weight is 348 g/mol. The van der Waals surface area contributed by atoms with Crippen LogP contribution in [-0.4, -0.2) is 22.7 Å². The molecule has 3 rings (SSSR count). The predicted molar refractivity (Wildman–Crippen MR) is 87.4 cm³/mol. The highest BCUT2D eigenvalue weighted by molar-refractivity contribution is 6.04. The SMILES string of the molecule is CNCc1ccc(-n2cc3cccc(C(N)=O)c3n2)cc1C(F)(F)F. The fourth-order valence-electron chi connectivity index (χ4n) is 2.69. The van der Waals surface area contributed by atoms with Gasteiger partial charge in [0.25, 0.3) is 5.91 Å². The Kier molecular flexibility index (Phi) is 4.22. The van der Waals surface area contributed by atoms with E-state index in [4.69, 9.17) is 5.73 Å². The summed E-state index contributed by atoms with van der Waals surface area (Å²) >= 11 is 0. The number of amides is 1. The Morgan fingerprint density at radius 1 is 1.28 bits per heavy atom. The maximum absolute atomic E-state index is 13.3. The Morgan fingerprint density at radius 3 is 2.68 bits per heavy atom. The molecule has 2 aromatic carbocycles. The Hall–Kier alpha value is -2.87. The predicted octanol–water partition coefficient (Wildman–Crippen LogP) is 2.86. The third-order valence-electron chi connectivity index (χ3n) is 3.83. The summed E-state index contributed by atoms with van der Waals surface area (Å²) < 4.78 is 41.3. The van der Waals surface area contributed by atoms with E-state index in [9.17, 15) is 18.0 Å². The highest BCUT2D eigenvalue weighted by atomic mass is 19.4. The number of rotatable bonds is 4. The lowest BCUT2D eigenvalue weighted by atomic mass is 10.1. The van der Waals surface area contributed by atoms with E-state index >= 15 is 0 Å². The first-order valence-electron chi connectivity index (χ1n) is 7.44. The summed E-state index contributed by atoms with van der Waals surface area (Å²) in [6.45, 7) is 0.0992. The van der Waals surface area contributed by atoms with Gasteiger partial charge in [-0.05, 0) is 30.8 Å². The molecule has 0 radical (unpaired) electrons. The Balaban J connectivity index is 2.15. The number of aromatic nitrogens is 2. The van der Waals surface area contributed by atoms with E-state index in [0.29, 0.717) is 10.9 Å². The summed E-state index contributed by atoms with van der Waals surface area (Å²) in [7, 11) is 1.58. The summed E-state index contributed by atoms with van der Waals surface area (Å²) in [6.07, 6.45) is -2.91. The summed E-state index contributed by atoms with van der Waals surface area (Å²) in [5.41, 5.74) is 5.56. The first kappa shape index (κ1) is 17.0. The van der Waals surface area contributed by atoms with E-state index in [0.717, 1.165) is 6.07 Å². The molecule has 0 bridgehead atoms. The Bertz CT molecular complexity index is 947. The minimum Gasteiger partial charge on any atom is -0.366 e. The van der Waals surface area contributed by atoms with Gasteiger partial charge >= 0.3 is 6.18 Å². The minimum absolute atomic E-state index is 0.0992. The van der Waals surface area contributed by atoms with Crippen molar-refractivity contribution in [2.45, 2.75) is 12.7 Å². The number of halogens is 3. The van der Waals surface area contributed by atoms with Gasteiger partial charge in [-0.25, -0.2) is 4.68 Å². The molecule has 25 heavy (non-hydrogen) atoms. The van der Waals surface area contributed by atoms with Gasteiger partial charge in [-0.3, -0.25) is 4.79 Å². The number of carbonyl (C=O) groups is 1. The van der Waals surface area contributed by atoms with Crippen LogP contribution >= 0.6 is 0 Å². The van der Waals surface area contributed by atoms with Crippen LogP contribution < -0.4 is 11.1 Å².